The fourth-order valence-electron chi connectivity index (χ4n) is 2.72. The van der Waals surface area contributed by atoms with Crippen LogP contribution >= 0.6 is 11.3 Å². The van der Waals surface area contributed by atoms with Crippen LogP contribution in [0.2, 0.25) is 0 Å². The zero-order chi connectivity index (χ0) is 18.8. The average molecular weight is 382 g/mol. The van der Waals surface area contributed by atoms with Gasteiger partial charge in [0.2, 0.25) is 0 Å². The van der Waals surface area contributed by atoms with Crippen molar-refractivity contribution in [2.24, 2.45) is 0 Å². The summed E-state index contributed by atoms with van der Waals surface area (Å²) in [6.07, 6.45) is 3.95. The number of pyridine rings is 1. The molecule has 1 atom stereocenters. The minimum Gasteiger partial charge on any atom is -0.387 e. The molecule has 8 heteroatoms. The van der Waals surface area contributed by atoms with E-state index in [0.29, 0.717) is 27.5 Å². The summed E-state index contributed by atoms with van der Waals surface area (Å²) in [6, 6.07) is 9.83. The molecular formula is C19H15FN4O2S. The zero-order valence-corrected chi connectivity index (χ0v) is 14.9. The quantitative estimate of drug-likeness (QED) is 0.556. The summed E-state index contributed by atoms with van der Waals surface area (Å²) >= 11 is 1.29. The zero-order valence-electron chi connectivity index (χ0n) is 14.0. The molecule has 0 saturated carbocycles. The van der Waals surface area contributed by atoms with E-state index in [1.165, 1.54) is 17.4 Å². The highest BCUT2D eigenvalue weighted by Gasteiger charge is 2.17. The number of nitrogens with zero attached hydrogens (tertiary/aromatic N) is 3. The number of halogens is 1. The average Bonchev–Trinajstić information content (AvgIpc) is 3.27. The van der Waals surface area contributed by atoms with Gasteiger partial charge in [-0.3, -0.25) is 14.2 Å². The van der Waals surface area contributed by atoms with Crippen LogP contribution in [0.3, 0.4) is 0 Å². The number of rotatable bonds is 5. The number of hydrogen-bond donors (Lipinski definition) is 2. The third-order valence-corrected chi connectivity index (χ3v) is 4.96. The first kappa shape index (κ1) is 17.3. The first-order valence-corrected chi connectivity index (χ1v) is 9.09. The molecule has 0 spiro atoms. The first-order valence-electron chi connectivity index (χ1n) is 8.21. The third kappa shape index (κ3) is 3.44. The van der Waals surface area contributed by atoms with Crippen molar-refractivity contribution in [1.82, 2.24) is 19.7 Å². The van der Waals surface area contributed by atoms with Crippen LogP contribution < -0.4 is 5.32 Å². The molecule has 0 radical (unpaired) electrons. The van der Waals surface area contributed by atoms with E-state index in [-0.39, 0.29) is 18.3 Å². The molecule has 1 aromatic carbocycles. The maximum absolute atomic E-state index is 14.0. The van der Waals surface area contributed by atoms with E-state index < -0.39 is 6.10 Å². The fourth-order valence-corrected chi connectivity index (χ4v) is 3.57. The first-order chi connectivity index (χ1) is 13.1. The summed E-state index contributed by atoms with van der Waals surface area (Å²) in [4.78, 5) is 21.4. The van der Waals surface area contributed by atoms with Gasteiger partial charge in [-0.05, 0) is 18.2 Å². The van der Waals surface area contributed by atoms with Gasteiger partial charge in [-0.2, -0.15) is 0 Å². The largest absolute Gasteiger partial charge is 0.387 e. The summed E-state index contributed by atoms with van der Waals surface area (Å²) in [5.41, 5.74) is 1.84. The van der Waals surface area contributed by atoms with E-state index in [9.17, 15) is 14.3 Å². The molecule has 0 bridgehead atoms. The van der Waals surface area contributed by atoms with E-state index in [2.05, 4.69) is 15.3 Å². The number of imidazole rings is 1. The molecule has 3 aromatic heterocycles. The normalized spacial score (nSPS) is 12.2. The number of nitrogens with one attached hydrogen (secondary N) is 1. The molecule has 0 aliphatic carbocycles. The van der Waals surface area contributed by atoms with Crippen molar-refractivity contribution in [3.05, 3.63) is 77.4 Å². The van der Waals surface area contributed by atoms with E-state index in [4.69, 9.17) is 0 Å². The van der Waals surface area contributed by atoms with Gasteiger partial charge in [0, 0.05) is 41.6 Å². The summed E-state index contributed by atoms with van der Waals surface area (Å²) in [6.45, 7) is 0.0523. The summed E-state index contributed by atoms with van der Waals surface area (Å²) in [5.74, 6) is -0.712. The molecule has 2 N–H and O–H groups in total. The Kier molecular flexibility index (Phi) is 4.66. The number of aliphatic hydroxyl groups excluding tert-OH is 1. The monoisotopic (exact) mass is 382 g/mol. The molecule has 4 aromatic rings. The van der Waals surface area contributed by atoms with Gasteiger partial charge in [-0.15, -0.1) is 11.3 Å². The smallest absolute Gasteiger partial charge is 0.269 e. The van der Waals surface area contributed by atoms with Crippen LogP contribution in [-0.2, 0) is 0 Å². The predicted molar refractivity (Wildman–Crippen MR) is 100.0 cm³/mol. The van der Waals surface area contributed by atoms with Crippen LogP contribution in [0, 0.1) is 5.82 Å². The Hall–Kier alpha value is -3.10. The van der Waals surface area contributed by atoms with Gasteiger partial charge in [0.1, 0.15) is 11.5 Å². The van der Waals surface area contributed by atoms with Crippen LogP contribution in [0.25, 0.3) is 16.2 Å². The maximum Gasteiger partial charge on any atom is 0.269 e. The highest BCUT2D eigenvalue weighted by molar-refractivity contribution is 7.15. The van der Waals surface area contributed by atoms with Crippen molar-refractivity contribution < 1.29 is 14.3 Å². The van der Waals surface area contributed by atoms with Gasteiger partial charge in [0.15, 0.2) is 4.96 Å². The highest BCUT2D eigenvalue weighted by Crippen LogP contribution is 2.25. The van der Waals surface area contributed by atoms with Crippen LogP contribution in [0.4, 0.5) is 4.39 Å². The van der Waals surface area contributed by atoms with Crippen molar-refractivity contribution in [3.63, 3.8) is 0 Å². The van der Waals surface area contributed by atoms with E-state index in [1.54, 1.807) is 58.7 Å². The summed E-state index contributed by atoms with van der Waals surface area (Å²) in [5, 5.41) is 14.5. The molecule has 1 amide bonds. The number of aliphatic hydroxyl groups is 1. The van der Waals surface area contributed by atoms with E-state index >= 15 is 0 Å². The number of thiazole rings is 1. The minimum absolute atomic E-state index is 0.0523. The molecule has 6 nitrogen and oxygen atoms in total. The van der Waals surface area contributed by atoms with Gasteiger partial charge >= 0.3 is 0 Å². The Balaban J connectivity index is 1.53. The van der Waals surface area contributed by atoms with Crippen molar-refractivity contribution in [2.45, 2.75) is 6.10 Å². The standard InChI is InChI=1S/C19H15FN4O2S/c20-14-6-2-1-5-13(14)15-10-24-16(11-27-19(24)23-15)18(26)22-9-17(25)12-4-3-7-21-8-12/h1-8,10-11,17,25H,9H2,(H,22,26)/t17-/m0/s1. The Morgan fingerprint density at radius 1 is 1.30 bits per heavy atom. The maximum atomic E-state index is 14.0. The molecule has 0 aliphatic heterocycles. The number of benzene rings is 1. The van der Waals surface area contributed by atoms with E-state index in [0.717, 1.165) is 0 Å². The van der Waals surface area contributed by atoms with E-state index in [1.807, 2.05) is 0 Å². The fraction of sp³-hybridized carbons (Fsp3) is 0.105. The number of amides is 1. The van der Waals surface area contributed by atoms with Crippen LogP contribution in [0.15, 0.2) is 60.4 Å². The van der Waals surface area contributed by atoms with Crippen LogP contribution in [0.5, 0.6) is 0 Å². The summed E-state index contributed by atoms with van der Waals surface area (Å²) < 4.78 is 15.6. The lowest BCUT2D eigenvalue weighted by Gasteiger charge is -2.11. The second-order valence-electron chi connectivity index (χ2n) is 5.89. The minimum atomic E-state index is -0.853. The molecular weight excluding hydrogens is 367 g/mol. The van der Waals surface area contributed by atoms with Crippen molar-refractivity contribution in [3.8, 4) is 11.3 Å². The molecule has 0 unspecified atom stereocenters. The lowest BCUT2D eigenvalue weighted by molar-refractivity contribution is 0.0910. The van der Waals surface area contributed by atoms with Gasteiger partial charge < -0.3 is 10.4 Å². The van der Waals surface area contributed by atoms with Gasteiger partial charge in [-0.25, -0.2) is 9.37 Å². The summed E-state index contributed by atoms with van der Waals surface area (Å²) in [7, 11) is 0. The van der Waals surface area contributed by atoms with Crippen LogP contribution in [0.1, 0.15) is 22.2 Å². The number of carbonyl (C=O) groups excluding carboxylic acids is 1. The Bertz CT molecular complexity index is 1090. The molecule has 0 fully saturated rings. The second kappa shape index (κ2) is 7.26. The van der Waals surface area contributed by atoms with Gasteiger partial charge in [0.25, 0.3) is 5.91 Å². The van der Waals surface area contributed by atoms with Gasteiger partial charge in [-0.1, -0.05) is 18.2 Å². The van der Waals surface area contributed by atoms with Crippen molar-refractivity contribution >= 4 is 22.2 Å². The number of hydrogen-bond acceptors (Lipinski definition) is 5. The lowest BCUT2D eigenvalue weighted by Crippen LogP contribution is -2.29. The number of carbonyl (C=O) groups is 1. The van der Waals surface area contributed by atoms with Crippen LogP contribution in [-0.4, -0.2) is 31.9 Å². The van der Waals surface area contributed by atoms with Crippen molar-refractivity contribution in [1.29, 1.82) is 0 Å². The molecule has 0 saturated heterocycles. The topological polar surface area (TPSA) is 79.5 Å². The number of fused-ring (bicyclic) bond motifs is 1. The van der Waals surface area contributed by atoms with Gasteiger partial charge in [0.05, 0.1) is 11.8 Å². The lowest BCUT2D eigenvalue weighted by atomic mass is 10.1. The Morgan fingerprint density at radius 3 is 2.93 bits per heavy atom. The SMILES string of the molecule is O=C(NC[C@H](O)c1cccnc1)c1csc2nc(-c3ccccc3F)cn12. The Morgan fingerprint density at radius 2 is 2.15 bits per heavy atom. The predicted octanol–water partition coefficient (Wildman–Crippen LogP) is 3.06. The molecule has 4 rings (SSSR count). The third-order valence-electron chi connectivity index (χ3n) is 4.12. The molecule has 3 heterocycles. The molecule has 27 heavy (non-hydrogen) atoms. The van der Waals surface area contributed by atoms with Crippen molar-refractivity contribution in [2.75, 3.05) is 6.54 Å². The Labute approximate surface area is 158 Å². The number of aromatic nitrogens is 3. The highest BCUT2D eigenvalue weighted by atomic mass is 32.1. The second-order valence-corrected chi connectivity index (χ2v) is 6.73. The molecule has 0 aliphatic rings. The molecule has 136 valence electrons.